The Hall–Kier alpha value is -1.23. The summed E-state index contributed by atoms with van der Waals surface area (Å²) in [5, 5.41) is 7.79. The average molecular weight is 237 g/mol. The molecule has 1 fully saturated rings. The Bertz CT molecular complexity index is 394. The van der Waals surface area contributed by atoms with Gasteiger partial charge < -0.3 is 4.74 Å². The summed E-state index contributed by atoms with van der Waals surface area (Å²) in [6, 6.07) is 0. The van der Waals surface area contributed by atoms with Crippen LogP contribution >= 0.6 is 0 Å². The molecule has 17 heavy (non-hydrogen) atoms. The van der Waals surface area contributed by atoms with Crippen LogP contribution in [-0.4, -0.2) is 33.5 Å². The number of hydrogen-bond donors (Lipinski definition) is 0. The quantitative estimate of drug-likeness (QED) is 0.733. The minimum atomic E-state index is -0.632. The fraction of sp³-hybridized carbons (Fsp3) is 0.750. The van der Waals surface area contributed by atoms with E-state index >= 15 is 0 Å². The molecule has 0 radical (unpaired) electrons. The molecule has 1 aromatic rings. The van der Waals surface area contributed by atoms with Gasteiger partial charge in [0.25, 0.3) is 0 Å². The fourth-order valence-corrected chi connectivity index (χ4v) is 2.51. The predicted octanol–water partition coefficient (Wildman–Crippen LogP) is 1.83. The van der Waals surface area contributed by atoms with Gasteiger partial charge in [0.15, 0.2) is 0 Å². The summed E-state index contributed by atoms with van der Waals surface area (Å²) in [6.07, 6.45) is 6.20. The smallest absolute Gasteiger partial charge is 0.214 e. The van der Waals surface area contributed by atoms with Gasteiger partial charge in [-0.15, -0.1) is 5.10 Å². The highest BCUT2D eigenvalue weighted by atomic mass is 16.5. The molecule has 0 spiro atoms. The normalized spacial score (nSPS) is 18.5. The highest BCUT2D eigenvalue weighted by Crippen LogP contribution is 2.35. The molecule has 0 amide bonds. The number of Topliss-reactive ketones (excluding diaryl/α,β-unsaturated/α-hetero) is 1. The zero-order valence-corrected chi connectivity index (χ0v) is 10.5. The van der Waals surface area contributed by atoms with Gasteiger partial charge in [-0.2, -0.15) is 0 Å². The molecule has 0 aromatic carbocycles. The van der Waals surface area contributed by atoms with E-state index in [0.29, 0.717) is 5.69 Å². The van der Waals surface area contributed by atoms with E-state index < -0.39 is 5.60 Å². The maximum atomic E-state index is 12.5. The van der Waals surface area contributed by atoms with Crippen LogP contribution in [0.25, 0.3) is 0 Å². The largest absolute Gasteiger partial charge is 0.370 e. The first kappa shape index (κ1) is 12.2. The molecular formula is C12H19N3O2. The second-order valence-corrected chi connectivity index (χ2v) is 4.58. The van der Waals surface area contributed by atoms with Crippen LogP contribution in [0.3, 0.4) is 0 Å². The maximum absolute atomic E-state index is 12.5. The van der Waals surface area contributed by atoms with E-state index in [9.17, 15) is 4.79 Å². The van der Waals surface area contributed by atoms with Crippen molar-refractivity contribution < 1.29 is 9.53 Å². The van der Waals surface area contributed by atoms with Crippen LogP contribution in [0.2, 0.25) is 0 Å². The molecule has 1 heterocycles. The summed E-state index contributed by atoms with van der Waals surface area (Å²) in [6.45, 7) is 2.78. The van der Waals surface area contributed by atoms with Crippen molar-refractivity contribution in [3.8, 4) is 0 Å². The number of carbonyl (C=O) groups excluding carboxylic acids is 1. The topological polar surface area (TPSA) is 57.0 Å². The van der Waals surface area contributed by atoms with Crippen LogP contribution in [-0.2, 0) is 11.3 Å². The van der Waals surface area contributed by atoms with Gasteiger partial charge >= 0.3 is 0 Å². The highest BCUT2D eigenvalue weighted by Gasteiger charge is 2.43. The van der Waals surface area contributed by atoms with Crippen LogP contribution in [0.5, 0.6) is 0 Å². The van der Waals surface area contributed by atoms with Gasteiger partial charge in [0.1, 0.15) is 11.3 Å². The van der Waals surface area contributed by atoms with Crippen molar-refractivity contribution in [1.82, 2.24) is 15.0 Å². The molecule has 0 unspecified atom stereocenters. The molecule has 5 nitrogen and oxygen atoms in total. The highest BCUT2D eigenvalue weighted by molar-refractivity contribution is 6.01. The molecule has 1 aromatic heterocycles. The summed E-state index contributed by atoms with van der Waals surface area (Å²) in [5.74, 6) is 0.0379. The van der Waals surface area contributed by atoms with Gasteiger partial charge in [0, 0.05) is 13.7 Å². The van der Waals surface area contributed by atoms with E-state index in [1.165, 1.54) is 0 Å². The number of methoxy groups -OCH3 is 1. The van der Waals surface area contributed by atoms with Gasteiger partial charge in [0.2, 0.25) is 5.78 Å². The predicted molar refractivity (Wildman–Crippen MR) is 62.9 cm³/mol. The number of nitrogens with zero attached hydrogens (tertiary/aromatic N) is 3. The standard InChI is InChI=1S/C12H19N3O2/c1-3-8-15-10(9-13-14-15)11(16)12(17-2)6-4-5-7-12/h9H,3-8H2,1-2H3. The lowest BCUT2D eigenvalue weighted by Crippen LogP contribution is -2.39. The minimum absolute atomic E-state index is 0.0379. The third kappa shape index (κ3) is 2.11. The van der Waals surface area contributed by atoms with E-state index in [4.69, 9.17) is 4.74 Å². The van der Waals surface area contributed by atoms with Crippen molar-refractivity contribution >= 4 is 5.78 Å². The van der Waals surface area contributed by atoms with Crippen molar-refractivity contribution in [2.45, 2.75) is 51.2 Å². The van der Waals surface area contributed by atoms with E-state index in [1.807, 2.05) is 0 Å². The summed E-state index contributed by atoms with van der Waals surface area (Å²) in [7, 11) is 1.62. The lowest BCUT2D eigenvalue weighted by Gasteiger charge is -2.25. The lowest BCUT2D eigenvalue weighted by molar-refractivity contribution is 0.00513. The Morgan fingerprint density at radius 2 is 2.24 bits per heavy atom. The number of carbonyl (C=O) groups is 1. The number of ether oxygens (including phenoxy) is 1. The monoisotopic (exact) mass is 237 g/mol. The zero-order chi connectivity index (χ0) is 12.3. The SMILES string of the molecule is CCCn1nncc1C(=O)C1(OC)CCCC1. The summed E-state index contributed by atoms with van der Waals surface area (Å²) < 4.78 is 7.18. The molecule has 0 atom stereocenters. The fourth-order valence-electron chi connectivity index (χ4n) is 2.51. The van der Waals surface area contributed by atoms with Gasteiger partial charge in [0.05, 0.1) is 6.20 Å². The van der Waals surface area contributed by atoms with Gasteiger partial charge in [-0.05, 0) is 32.1 Å². The van der Waals surface area contributed by atoms with Crippen molar-refractivity contribution in [2.24, 2.45) is 0 Å². The maximum Gasteiger partial charge on any atom is 0.214 e. The number of rotatable bonds is 5. The van der Waals surface area contributed by atoms with Crippen LogP contribution in [0.4, 0.5) is 0 Å². The second-order valence-electron chi connectivity index (χ2n) is 4.58. The Balaban J connectivity index is 2.26. The average Bonchev–Trinajstić information content (AvgIpc) is 2.97. The minimum Gasteiger partial charge on any atom is -0.370 e. The molecule has 1 aliphatic rings. The summed E-state index contributed by atoms with van der Waals surface area (Å²) in [4.78, 5) is 12.5. The molecule has 1 aliphatic carbocycles. The van der Waals surface area contributed by atoms with E-state index in [1.54, 1.807) is 18.0 Å². The molecule has 0 aliphatic heterocycles. The third-order valence-electron chi connectivity index (χ3n) is 3.50. The Morgan fingerprint density at radius 3 is 2.82 bits per heavy atom. The van der Waals surface area contributed by atoms with E-state index in [0.717, 1.165) is 38.6 Å². The molecule has 0 bridgehead atoms. The van der Waals surface area contributed by atoms with Gasteiger partial charge in [-0.1, -0.05) is 12.1 Å². The van der Waals surface area contributed by atoms with E-state index in [2.05, 4.69) is 17.2 Å². The van der Waals surface area contributed by atoms with Crippen molar-refractivity contribution in [1.29, 1.82) is 0 Å². The van der Waals surface area contributed by atoms with E-state index in [-0.39, 0.29) is 5.78 Å². The number of ketones is 1. The van der Waals surface area contributed by atoms with Gasteiger partial charge in [-0.3, -0.25) is 4.79 Å². The molecule has 1 saturated carbocycles. The molecule has 0 saturated heterocycles. The van der Waals surface area contributed by atoms with Crippen molar-refractivity contribution in [2.75, 3.05) is 7.11 Å². The molecule has 5 heteroatoms. The van der Waals surface area contributed by atoms with Gasteiger partial charge in [-0.25, -0.2) is 4.68 Å². The van der Waals surface area contributed by atoms with Crippen molar-refractivity contribution in [3.63, 3.8) is 0 Å². The number of aromatic nitrogens is 3. The molecular weight excluding hydrogens is 218 g/mol. The first-order chi connectivity index (χ1) is 8.23. The first-order valence-corrected chi connectivity index (χ1v) is 6.22. The number of aryl methyl sites for hydroxylation is 1. The van der Waals surface area contributed by atoms with Crippen LogP contribution in [0.1, 0.15) is 49.5 Å². The molecule has 94 valence electrons. The van der Waals surface area contributed by atoms with Crippen LogP contribution in [0, 0.1) is 0 Å². The Kier molecular flexibility index (Phi) is 3.57. The Morgan fingerprint density at radius 1 is 1.53 bits per heavy atom. The Labute approximate surface area is 101 Å². The first-order valence-electron chi connectivity index (χ1n) is 6.22. The summed E-state index contributed by atoms with van der Waals surface area (Å²) >= 11 is 0. The van der Waals surface area contributed by atoms with Crippen LogP contribution < -0.4 is 0 Å². The molecule has 0 N–H and O–H groups in total. The lowest BCUT2D eigenvalue weighted by atomic mass is 9.94. The zero-order valence-electron chi connectivity index (χ0n) is 10.5. The molecule has 2 rings (SSSR count). The van der Waals surface area contributed by atoms with Crippen molar-refractivity contribution in [3.05, 3.63) is 11.9 Å². The van der Waals surface area contributed by atoms with Crippen LogP contribution in [0.15, 0.2) is 6.20 Å². The third-order valence-corrected chi connectivity index (χ3v) is 3.50. The summed E-state index contributed by atoms with van der Waals surface area (Å²) in [5.41, 5.74) is -0.0525. The number of hydrogen-bond acceptors (Lipinski definition) is 4. The second kappa shape index (κ2) is 4.96.